The summed E-state index contributed by atoms with van der Waals surface area (Å²) < 4.78 is 0. The highest BCUT2D eigenvalue weighted by Crippen LogP contribution is 2.17. The molecule has 1 amide bonds. The number of amides is 1. The summed E-state index contributed by atoms with van der Waals surface area (Å²) in [6.07, 6.45) is 2.08. The number of rotatable bonds is 4. The van der Waals surface area contributed by atoms with Gasteiger partial charge in [0.15, 0.2) is 0 Å². The zero-order chi connectivity index (χ0) is 11.4. The van der Waals surface area contributed by atoms with E-state index in [0.29, 0.717) is 0 Å². The third kappa shape index (κ3) is 4.61. The summed E-state index contributed by atoms with van der Waals surface area (Å²) in [6, 6.07) is -0.206. The van der Waals surface area contributed by atoms with E-state index in [-0.39, 0.29) is 17.4 Å². The third-order valence-corrected chi connectivity index (χ3v) is 2.33. The molecule has 2 atom stereocenters. The Kier molecular flexibility index (Phi) is 5.13. The molecule has 0 saturated heterocycles. The van der Waals surface area contributed by atoms with Crippen LogP contribution in [0.1, 0.15) is 47.5 Å². The Morgan fingerprint density at radius 3 is 2.29 bits per heavy atom. The molecule has 0 spiro atoms. The molecule has 14 heavy (non-hydrogen) atoms. The maximum absolute atomic E-state index is 11.6. The summed E-state index contributed by atoms with van der Waals surface area (Å²) in [7, 11) is 0. The molecular formula is C11H24N2O. The fourth-order valence-electron chi connectivity index (χ4n) is 1.23. The molecule has 3 N–H and O–H groups in total. The van der Waals surface area contributed by atoms with E-state index in [1.807, 2.05) is 27.7 Å². The minimum atomic E-state index is -0.429. The first-order chi connectivity index (χ1) is 6.29. The van der Waals surface area contributed by atoms with Gasteiger partial charge < -0.3 is 11.1 Å². The lowest BCUT2D eigenvalue weighted by atomic mass is 9.87. The van der Waals surface area contributed by atoms with Crippen molar-refractivity contribution in [2.24, 2.45) is 11.1 Å². The van der Waals surface area contributed by atoms with Gasteiger partial charge in [-0.05, 0) is 18.8 Å². The van der Waals surface area contributed by atoms with Gasteiger partial charge in [-0.1, -0.05) is 34.1 Å². The molecule has 0 heterocycles. The molecule has 0 rings (SSSR count). The summed E-state index contributed by atoms with van der Waals surface area (Å²) >= 11 is 0. The Bertz CT molecular complexity index is 184. The molecule has 84 valence electrons. The van der Waals surface area contributed by atoms with Crippen LogP contribution < -0.4 is 11.1 Å². The van der Waals surface area contributed by atoms with Crippen molar-refractivity contribution in [2.45, 2.75) is 59.5 Å². The molecule has 0 aromatic carbocycles. The SMILES string of the molecule is CCCC(C)NC(=O)C(N)C(C)(C)C. The first kappa shape index (κ1) is 13.4. The van der Waals surface area contributed by atoms with Crippen molar-refractivity contribution in [3.63, 3.8) is 0 Å². The number of carbonyl (C=O) groups excluding carboxylic acids is 1. The molecule has 0 aliphatic heterocycles. The van der Waals surface area contributed by atoms with E-state index in [1.54, 1.807) is 0 Å². The van der Waals surface area contributed by atoms with Crippen LogP contribution in [0.2, 0.25) is 0 Å². The van der Waals surface area contributed by atoms with Gasteiger partial charge in [-0.25, -0.2) is 0 Å². The molecule has 0 radical (unpaired) electrons. The quantitative estimate of drug-likeness (QED) is 0.725. The van der Waals surface area contributed by atoms with E-state index in [1.165, 1.54) is 0 Å². The van der Waals surface area contributed by atoms with E-state index in [0.717, 1.165) is 12.8 Å². The number of carbonyl (C=O) groups is 1. The van der Waals surface area contributed by atoms with Crippen LogP contribution in [0.15, 0.2) is 0 Å². The first-order valence-electron chi connectivity index (χ1n) is 5.35. The third-order valence-electron chi connectivity index (χ3n) is 2.33. The van der Waals surface area contributed by atoms with Crippen molar-refractivity contribution < 1.29 is 4.79 Å². The molecule has 0 bridgehead atoms. The summed E-state index contributed by atoms with van der Waals surface area (Å²) in [6.45, 7) is 10.0. The first-order valence-corrected chi connectivity index (χ1v) is 5.35. The second-order valence-corrected chi connectivity index (χ2v) is 5.04. The van der Waals surface area contributed by atoms with Crippen LogP contribution in [0, 0.1) is 5.41 Å². The van der Waals surface area contributed by atoms with Crippen LogP contribution in [0.4, 0.5) is 0 Å². The van der Waals surface area contributed by atoms with E-state index in [9.17, 15) is 4.79 Å². The van der Waals surface area contributed by atoms with Crippen molar-refractivity contribution in [1.29, 1.82) is 0 Å². The number of nitrogens with two attached hydrogens (primary N) is 1. The van der Waals surface area contributed by atoms with Crippen molar-refractivity contribution in [2.75, 3.05) is 0 Å². The highest BCUT2D eigenvalue weighted by molar-refractivity contribution is 5.82. The maximum atomic E-state index is 11.6. The van der Waals surface area contributed by atoms with Gasteiger partial charge in [-0.3, -0.25) is 4.79 Å². The number of nitrogens with one attached hydrogen (secondary N) is 1. The summed E-state index contributed by atoms with van der Waals surface area (Å²) in [4.78, 5) is 11.6. The molecule has 0 aliphatic rings. The van der Waals surface area contributed by atoms with Gasteiger partial charge in [0.2, 0.25) is 5.91 Å². The van der Waals surface area contributed by atoms with Gasteiger partial charge in [0.25, 0.3) is 0 Å². The molecule has 3 nitrogen and oxygen atoms in total. The van der Waals surface area contributed by atoms with Crippen LogP contribution in [-0.2, 0) is 4.79 Å². The highest BCUT2D eigenvalue weighted by atomic mass is 16.2. The average molecular weight is 200 g/mol. The fourth-order valence-corrected chi connectivity index (χ4v) is 1.23. The Labute approximate surface area is 87.4 Å². The van der Waals surface area contributed by atoms with Crippen LogP contribution in [0.3, 0.4) is 0 Å². The number of hydrogen-bond acceptors (Lipinski definition) is 2. The zero-order valence-corrected chi connectivity index (χ0v) is 10.1. The van der Waals surface area contributed by atoms with Gasteiger partial charge in [0.1, 0.15) is 0 Å². The smallest absolute Gasteiger partial charge is 0.237 e. The number of hydrogen-bond donors (Lipinski definition) is 2. The van der Waals surface area contributed by atoms with Crippen molar-refractivity contribution in [1.82, 2.24) is 5.32 Å². The Balaban J connectivity index is 4.08. The maximum Gasteiger partial charge on any atom is 0.237 e. The summed E-state index contributed by atoms with van der Waals surface area (Å²) in [5.74, 6) is -0.0431. The fraction of sp³-hybridized carbons (Fsp3) is 0.909. The zero-order valence-electron chi connectivity index (χ0n) is 10.1. The van der Waals surface area contributed by atoms with Gasteiger partial charge in [-0.2, -0.15) is 0 Å². The van der Waals surface area contributed by atoms with Gasteiger partial charge in [-0.15, -0.1) is 0 Å². The Hall–Kier alpha value is -0.570. The average Bonchev–Trinajstić information content (AvgIpc) is 2.01. The molecule has 0 saturated carbocycles. The van der Waals surface area contributed by atoms with E-state index in [4.69, 9.17) is 5.73 Å². The molecule has 2 unspecified atom stereocenters. The topological polar surface area (TPSA) is 55.1 Å². The van der Waals surface area contributed by atoms with E-state index >= 15 is 0 Å². The predicted octanol–water partition coefficient (Wildman–Crippen LogP) is 1.66. The van der Waals surface area contributed by atoms with Crippen LogP contribution in [0.25, 0.3) is 0 Å². The largest absolute Gasteiger partial charge is 0.352 e. The van der Waals surface area contributed by atoms with Gasteiger partial charge >= 0.3 is 0 Å². The Morgan fingerprint density at radius 2 is 1.93 bits per heavy atom. The Morgan fingerprint density at radius 1 is 1.43 bits per heavy atom. The second kappa shape index (κ2) is 5.35. The lowest BCUT2D eigenvalue weighted by molar-refractivity contribution is -0.125. The molecule has 0 aromatic heterocycles. The van der Waals surface area contributed by atoms with Crippen LogP contribution >= 0.6 is 0 Å². The predicted molar refractivity (Wildman–Crippen MR) is 59.9 cm³/mol. The molecule has 0 aliphatic carbocycles. The molecule has 3 heteroatoms. The highest BCUT2D eigenvalue weighted by Gasteiger charge is 2.27. The molecular weight excluding hydrogens is 176 g/mol. The molecule has 0 fully saturated rings. The lowest BCUT2D eigenvalue weighted by Crippen LogP contribution is -2.50. The lowest BCUT2D eigenvalue weighted by Gasteiger charge is -2.27. The van der Waals surface area contributed by atoms with E-state index < -0.39 is 6.04 Å². The molecule has 0 aromatic rings. The summed E-state index contributed by atoms with van der Waals surface area (Å²) in [5.41, 5.74) is 5.66. The van der Waals surface area contributed by atoms with Gasteiger partial charge in [0, 0.05) is 6.04 Å². The van der Waals surface area contributed by atoms with E-state index in [2.05, 4.69) is 12.2 Å². The van der Waals surface area contributed by atoms with Crippen molar-refractivity contribution in [3.8, 4) is 0 Å². The van der Waals surface area contributed by atoms with Crippen molar-refractivity contribution in [3.05, 3.63) is 0 Å². The normalized spacial score (nSPS) is 16.1. The van der Waals surface area contributed by atoms with Crippen LogP contribution in [0.5, 0.6) is 0 Å². The second-order valence-electron chi connectivity index (χ2n) is 5.04. The summed E-state index contributed by atoms with van der Waals surface area (Å²) in [5, 5.41) is 2.92. The standard InChI is InChI=1S/C11H24N2O/c1-6-7-8(2)13-10(14)9(12)11(3,4)5/h8-9H,6-7,12H2,1-5H3,(H,13,14). The minimum Gasteiger partial charge on any atom is -0.352 e. The van der Waals surface area contributed by atoms with Crippen LogP contribution in [-0.4, -0.2) is 18.0 Å². The monoisotopic (exact) mass is 200 g/mol. The minimum absolute atomic E-state index is 0.0431. The van der Waals surface area contributed by atoms with Gasteiger partial charge in [0.05, 0.1) is 6.04 Å². The van der Waals surface area contributed by atoms with Crippen molar-refractivity contribution >= 4 is 5.91 Å².